The molecule has 2 aliphatic heterocycles. The van der Waals surface area contributed by atoms with E-state index < -0.39 is 30.4 Å². The van der Waals surface area contributed by atoms with Crippen LogP contribution in [0.25, 0.3) is 0 Å². The van der Waals surface area contributed by atoms with E-state index in [-0.39, 0.29) is 31.4 Å². The maximum Gasteiger partial charge on any atom is 0.407 e. The first-order valence-corrected chi connectivity index (χ1v) is 18.3. The van der Waals surface area contributed by atoms with Crippen LogP contribution < -0.4 is 10.1 Å². The molecule has 0 aromatic heterocycles. The quantitative estimate of drug-likeness (QED) is 0.215. The van der Waals surface area contributed by atoms with E-state index >= 15 is 0 Å². The topological polar surface area (TPSA) is 130 Å². The molecule has 4 atom stereocenters. The largest absolute Gasteiger partial charge is 0.492 e. The van der Waals surface area contributed by atoms with Gasteiger partial charge in [0.05, 0.1) is 50.7 Å². The van der Waals surface area contributed by atoms with Gasteiger partial charge in [0.1, 0.15) is 18.5 Å². The Bertz CT molecular complexity index is 1530. The summed E-state index contributed by atoms with van der Waals surface area (Å²) in [5.74, 6) is 0.565. The summed E-state index contributed by atoms with van der Waals surface area (Å²) < 4.78 is 22.5. The number of morpholine rings is 1. The van der Waals surface area contributed by atoms with Crippen molar-refractivity contribution in [3.8, 4) is 5.75 Å². The monoisotopic (exact) mass is 701 g/mol. The first kappa shape index (κ1) is 36.8. The van der Waals surface area contributed by atoms with Gasteiger partial charge in [0.15, 0.2) is 0 Å². The summed E-state index contributed by atoms with van der Waals surface area (Å²) in [6, 6.07) is 24.0. The van der Waals surface area contributed by atoms with Crippen LogP contribution in [0.15, 0.2) is 78.9 Å². The van der Waals surface area contributed by atoms with Gasteiger partial charge >= 0.3 is 6.09 Å². The van der Waals surface area contributed by atoms with E-state index in [9.17, 15) is 19.8 Å². The van der Waals surface area contributed by atoms with E-state index in [1.54, 1.807) is 4.90 Å². The van der Waals surface area contributed by atoms with E-state index in [0.29, 0.717) is 45.5 Å². The number of benzene rings is 3. The SMILES string of the molecule is O=C(N[C@@H](Cc1ccccc1)[C@@H](O)CCC(=O)N(Cc1ccc(OCCN2CCOCC2)cc1)[C@H]1c2ccccc2C[C@H]1O)OC1CCOCC1. The highest BCUT2D eigenvalue weighted by Crippen LogP contribution is 2.37. The van der Waals surface area contributed by atoms with Gasteiger partial charge in [-0.3, -0.25) is 9.69 Å². The number of amides is 2. The first-order valence-electron chi connectivity index (χ1n) is 18.3. The number of hydrogen-bond acceptors (Lipinski definition) is 9. The third-order valence-corrected chi connectivity index (χ3v) is 10.0. The molecule has 0 spiro atoms. The summed E-state index contributed by atoms with van der Waals surface area (Å²) in [7, 11) is 0. The van der Waals surface area contributed by atoms with Crippen LogP contribution in [0, 0.1) is 0 Å². The Morgan fingerprint density at radius 3 is 2.37 bits per heavy atom. The van der Waals surface area contributed by atoms with Gasteiger partial charge in [-0.05, 0) is 47.2 Å². The lowest BCUT2D eigenvalue weighted by molar-refractivity contribution is -0.137. The molecular weight excluding hydrogens is 650 g/mol. The van der Waals surface area contributed by atoms with Crippen LogP contribution in [-0.2, 0) is 38.4 Å². The van der Waals surface area contributed by atoms with E-state index in [2.05, 4.69) is 10.2 Å². The van der Waals surface area contributed by atoms with Crippen molar-refractivity contribution in [1.29, 1.82) is 0 Å². The van der Waals surface area contributed by atoms with Gasteiger partial charge in [-0.25, -0.2) is 4.79 Å². The summed E-state index contributed by atoms with van der Waals surface area (Å²) in [6.45, 7) is 6.09. The van der Waals surface area contributed by atoms with Crippen LogP contribution >= 0.6 is 0 Å². The van der Waals surface area contributed by atoms with Crippen molar-refractivity contribution in [3.63, 3.8) is 0 Å². The lowest BCUT2D eigenvalue weighted by atomic mass is 9.97. The minimum Gasteiger partial charge on any atom is -0.492 e. The second kappa shape index (κ2) is 18.5. The molecule has 3 aromatic rings. The Morgan fingerprint density at radius 2 is 1.61 bits per heavy atom. The normalized spacial score (nSPS) is 20.6. The minimum atomic E-state index is -1.02. The number of fused-ring (bicyclic) bond motifs is 1. The maximum absolute atomic E-state index is 14.2. The van der Waals surface area contributed by atoms with Crippen molar-refractivity contribution >= 4 is 12.0 Å². The molecule has 2 amide bonds. The zero-order chi connectivity index (χ0) is 35.4. The molecule has 0 radical (unpaired) electrons. The summed E-state index contributed by atoms with van der Waals surface area (Å²) in [5, 5.41) is 25.6. The number of aliphatic hydroxyl groups excluding tert-OH is 2. The summed E-state index contributed by atoms with van der Waals surface area (Å²) in [4.78, 5) is 31.2. The molecule has 1 aliphatic carbocycles. The van der Waals surface area contributed by atoms with E-state index in [4.69, 9.17) is 18.9 Å². The molecule has 51 heavy (non-hydrogen) atoms. The molecule has 6 rings (SSSR count). The highest BCUT2D eigenvalue weighted by Gasteiger charge is 2.38. The van der Waals surface area contributed by atoms with Crippen molar-refractivity contribution in [2.75, 3.05) is 52.7 Å². The van der Waals surface area contributed by atoms with Gasteiger partial charge in [0, 0.05) is 51.9 Å². The molecule has 274 valence electrons. The lowest BCUT2D eigenvalue weighted by Gasteiger charge is -2.33. The van der Waals surface area contributed by atoms with E-state index in [1.165, 1.54) is 0 Å². The van der Waals surface area contributed by atoms with Crippen LogP contribution in [-0.4, -0.2) is 109 Å². The van der Waals surface area contributed by atoms with Crippen molar-refractivity contribution in [3.05, 3.63) is 101 Å². The van der Waals surface area contributed by atoms with E-state index in [1.807, 2.05) is 78.9 Å². The number of carbonyl (C=O) groups is 2. The fourth-order valence-corrected chi connectivity index (χ4v) is 7.17. The Morgan fingerprint density at radius 1 is 0.902 bits per heavy atom. The highest BCUT2D eigenvalue weighted by atomic mass is 16.6. The third-order valence-electron chi connectivity index (χ3n) is 10.0. The molecule has 2 saturated heterocycles. The molecule has 0 saturated carbocycles. The van der Waals surface area contributed by atoms with Crippen LogP contribution in [0.3, 0.4) is 0 Å². The number of ether oxygens (including phenoxy) is 4. The minimum absolute atomic E-state index is 0.0251. The number of carbonyl (C=O) groups excluding carboxylic acids is 2. The molecule has 2 heterocycles. The smallest absolute Gasteiger partial charge is 0.407 e. The Kier molecular flexibility index (Phi) is 13.3. The second-order valence-electron chi connectivity index (χ2n) is 13.6. The predicted octanol–water partition coefficient (Wildman–Crippen LogP) is 4.04. The summed E-state index contributed by atoms with van der Waals surface area (Å²) in [6.07, 6.45) is -0.370. The molecule has 3 N–H and O–H groups in total. The van der Waals surface area contributed by atoms with Crippen LogP contribution in [0.1, 0.15) is 54.0 Å². The Hall–Kier alpha value is -4.00. The molecule has 3 aromatic carbocycles. The number of nitrogens with zero attached hydrogens (tertiary/aromatic N) is 2. The van der Waals surface area contributed by atoms with Crippen molar-refractivity contribution in [1.82, 2.24) is 15.1 Å². The number of aliphatic hydroxyl groups is 2. The van der Waals surface area contributed by atoms with Gasteiger partial charge in [-0.15, -0.1) is 0 Å². The fraction of sp³-hybridized carbons (Fsp3) is 0.500. The molecule has 3 aliphatic rings. The number of rotatable bonds is 15. The van der Waals surface area contributed by atoms with Gasteiger partial charge in [-0.2, -0.15) is 0 Å². The van der Waals surface area contributed by atoms with Gasteiger partial charge < -0.3 is 39.4 Å². The third kappa shape index (κ3) is 10.5. The van der Waals surface area contributed by atoms with E-state index in [0.717, 1.165) is 60.9 Å². The standard InChI is InChI=1S/C40H51N3O8/c44-36(35(26-29-6-2-1-3-7-29)41-40(47)51-33-16-21-48-22-17-33)14-15-38(46)43(39-34-9-5-4-8-31(34)27-37(39)45)28-30-10-12-32(13-11-30)50-25-20-42-18-23-49-24-19-42/h1-13,33,35-37,39,44-45H,14-28H2,(H,41,47)/t35-,36-,37+,39-/m0/s1. The van der Waals surface area contributed by atoms with Gasteiger partial charge in [0.2, 0.25) is 5.91 Å². The average molecular weight is 702 g/mol. The fourth-order valence-electron chi connectivity index (χ4n) is 7.17. The average Bonchev–Trinajstić information content (AvgIpc) is 3.49. The summed E-state index contributed by atoms with van der Waals surface area (Å²) in [5.41, 5.74) is 3.80. The molecule has 0 unspecified atom stereocenters. The van der Waals surface area contributed by atoms with Gasteiger partial charge in [0.25, 0.3) is 0 Å². The zero-order valence-electron chi connectivity index (χ0n) is 29.2. The second-order valence-corrected chi connectivity index (χ2v) is 13.6. The van der Waals surface area contributed by atoms with Crippen molar-refractivity contribution < 1.29 is 38.7 Å². The van der Waals surface area contributed by atoms with Crippen LogP contribution in [0.5, 0.6) is 5.75 Å². The molecule has 11 nitrogen and oxygen atoms in total. The molecule has 11 heteroatoms. The number of nitrogens with one attached hydrogen (secondary N) is 1. The molecule has 0 bridgehead atoms. The van der Waals surface area contributed by atoms with Crippen molar-refractivity contribution in [2.45, 2.75) is 75.5 Å². The predicted molar refractivity (Wildman–Crippen MR) is 191 cm³/mol. The lowest BCUT2D eigenvalue weighted by Crippen LogP contribution is -2.47. The summed E-state index contributed by atoms with van der Waals surface area (Å²) >= 11 is 0. The number of hydrogen-bond donors (Lipinski definition) is 3. The number of alkyl carbamates (subject to hydrolysis) is 1. The highest BCUT2D eigenvalue weighted by molar-refractivity contribution is 5.77. The maximum atomic E-state index is 14.2. The van der Waals surface area contributed by atoms with Crippen LogP contribution in [0.2, 0.25) is 0 Å². The zero-order valence-corrected chi connectivity index (χ0v) is 29.2. The van der Waals surface area contributed by atoms with Crippen LogP contribution in [0.4, 0.5) is 4.79 Å². The van der Waals surface area contributed by atoms with Crippen molar-refractivity contribution in [2.24, 2.45) is 0 Å². The molecular formula is C40H51N3O8. The Balaban J connectivity index is 1.12. The first-order chi connectivity index (χ1) is 24.9. The Labute approximate surface area is 300 Å². The molecule has 2 fully saturated rings. The van der Waals surface area contributed by atoms with Gasteiger partial charge in [-0.1, -0.05) is 66.7 Å².